The van der Waals surface area contributed by atoms with E-state index in [1.165, 1.54) is 25.1 Å². The predicted octanol–water partition coefficient (Wildman–Crippen LogP) is 2.02. The van der Waals surface area contributed by atoms with E-state index < -0.39 is 5.82 Å². The van der Waals surface area contributed by atoms with Gasteiger partial charge in [-0.3, -0.25) is 9.59 Å². The van der Waals surface area contributed by atoms with Crippen LogP contribution in [0, 0.1) is 11.7 Å². The Morgan fingerprint density at radius 3 is 2.68 bits per heavy atom. The lowest BCUT2D eigenvalue weighted by Gasteiger charge is -2.22. The molecule has 1 saturated heterocycles. The van der Waals surface area contributed by atoms with Crippen molar-refractivity contribution in [2.75, 3.05) is 18.4 Å². The summed E-state index contributed by atoms with van der Waals surface area (Å²) >= 11 is 0. The zero-order chi connectivity index (χ0) is 15.6. The molecule has 0 saturated carbocycles. The van der Waals surface area contributed by atoms with Crippen LogP contribution in [0.5, 0.6) is 0 Å². The van der Waals surface area contributed by atoms with Crippen LogP contribution in [-0.2, 0) is 4.79 Å². The van der Waals surface area contributed by atoms with Crippen molar-refractivity contribution in [3.05, 3.63) is 29.6 Å². The zero-order valence-electron chi connectivity index (χ0n) is 12.6. The number of nitrogens with one attached hydrogen (secondary N) is 1. The third-order valence-electron chi connectivity index (χ3n) is 3.77. The maximum atomic E-state index is 13.9. The number of rotatable bonds is 3. The summed E-state index contributed by atoms with van der Waals surface area (Å²) < 4.78 is 13.9. The molecule has 1 aliphatic rings. The molecule has 3 N–H and O–H groups in total. The van der Waals surface area contributed by atoms with Crippen LogP contribution in [0.15, 0.2) is 18.2 Å². The van der Waals surface area contributed by atoms with E-state index in [1.54, 1.807) is 4.90 Å². The number of amides is 2. The summed E-state index contributed by atoms with van der Waals surface area (Å²) in [5.74, 6) is -0.955. The molecule has 1 heterocycles. The molecule has 1 fully saturated rings. The minimum absolute atomic E-state index is 0. The Bertz CT molecular complexity index is 568. The SMILES string of the molecule is CC(=O)Nc1ccc(F)c(C(=O)N2CC(CN)CC2C)c1.Cl. The summed E-state index contributed by atoms with van der Waals surface area (Å²) in [5, 5.41) is 2.55. The average molecular weight is 330 g/mol. The highest BCUT2D eigenvalue weighted by Gasteiger charge is 2.33. The van der Waals surface area contributed by atoms with Crippen LogP contribution in [0.3, 0.4) is 0 Å². The van der Waals surface area contributed by atoms with E-state index in [-0.39, 0.29) is 41.7 Å². The molecule has 0 aliphatic carbocycles. The maximum Gasteiger partial charge on any atom is 0.257 e. The molecule has 1 aliphatic heterocycles. The number of halogens is 2. The van der Waals surface area contributed by atoms with Crippen molar-refractivity contribution in [3.8, 4) is 0 Å². The van der Waals surface area contributed by atoms with Crippen molar-refractivity contribution >= 4 is 29.9 Å². The Balaban J connectivity index is 0.00000242. The van der Waals surface area contributed by atoms with E-state index in [9.17, 15) is 14.0 Å². The molecule has 2 unspecified atom stereocenters. The van der Waals surface area contributed by atoms with Crippen molar-refractivity contribution in [2.24, 2.45) is 11.7 Å². The number of nitrogens with zero attached hydrogens (tertiary/aromatic N) is 1. The molecule has 2 amide bonds. The highest BCUT2D eigenvalue weighted by atomic mass is 35.5. The number of nitrogens with two attached hydrogens (primary N) is 1. The lowest BCUT2D eigenvalue weighted by molar-refractivity contribution is -0.114. The summed E-state index contributed by atoms with van der Waals surface area (Å²) in [5.41, 5.74) is 6.04. The highest BCUT2D eigenvalue weighted by molar-refractivity contribution is 5.97. The zero-order valence-corrected chi connectivity index (χ0v) is 13.5. The van der Waals surface area contributed by atoms with E-state index in [4.69, 9.17) is 5.73 Å². The molecule has 7 heteroatoms. The molecular weight excluding hydrogens is 309 g/mol. The standard InChI is InChI=1S/C15H20FN3O2.ClH/c1-9-5-11(7-17)8-19(9)15(21)13-6-12(18-10(2)20)3-4-14(13)16;/h3-4,6,9,11H,5,7-8,17H2,1-2H3,(H,18,20);1H. The largest absolute Gasteiger partial charge is 0.336 e. The fourth-order valence-corrected chi connectivity index (χ4v) is 2.72. The van der Waals surface area contributed by atoms with Crippen molar-refractivity contribution in [1.82, 2.24) is 4.90 Å². The first-order valence-corrected chi connectivity index (χ1v) is 7.00. The molecule has 1 aromatic carbocycles. The van der Waals surface area contributed by atoms with Gasteiger partial charge in [0, 0.05) is 25.2 Å². The molecule has 2 atom stereocenters. The van der Waals surface area contributed by atoms with Gasteiger partial charge in [0.15, 0.2) is 0 Å². The fourth-order valence-electron chi connectivity index (χ4n) is 2.72. The normalized spacial score (nSPS) is 20.5. The Morgan fingerprint density at radius 1 is 1.45 bits per heavy atom. The molecule has 0 radical (unpaired) electrons. The van der Waals surface area contributed by atoms with Gasteiger partial charge in [0.2, 0.25) is 5.91 Å². The van der Waals surface area contributed by atoms with E-state index in [0.717, 1.165) is 6.42 Å². The summed E-state index contributed by atoms with van der Waals surface area (Å²) in [6.45, 7) is 4.35. The monoisotopic (exact) mass is 329 g/mol. The number of benzene rings is 1. The molecule has 0 aromatic heterocycles. The molecule has 0 bridgehead atoms. The van der Waals surface area contributed by atoms with Crippen molar-refractivity contribution in [3.63, 3.8) is 0 Å². The molecule has 22 heavy (non-hydrogen) atoms. The van der Waals surface area contributed by atoms with Gasteiger partial charge in [-0.25, -0.2) is 4.39 Å². The third-order valence-corrected chi connectivity index (χ3v) is 3.77. The predicted molar refractivity (Wildman–Crippen MR) is 85.6 cm³/mol. The lowest BCUT2D eigenvalue weighted by Crippen LogP contribution is -2.35. The minimum Gasteiger partial charge on any atom is -0.336 e. The van der Waals surface area contributed by atoms with Crippen molar-refractivity contribution in [2.45, 2.75) is 26.3 Å². The molecule has 122 valence electrons. The van der Waals surface area contributed by atoms with E-state index in [0.29, 0.717) is 18.8 Å². The summed E-state index contributed by atoms with van der Waals surface area (Å²) in [6.07, 6.45) is 0.829. The van der Waals surface area contributed by atoms with Gasteiger partial charge in [0.1, 0.15) is 5.82 Å². The van der Waals surface area contributed by atoms with Gasteiger partial charge in [0.25, 0.3) is 5.91 Å². The molecule has 2 rings (SSSR count). The number of hydrogen-bond donors (Lipinski definition) is 2. The Kier molecular flexibility index (Phi) is 6.32. The minimum atomic E-state index is -0.586. The fraction of sp³-hybridized carbons (Fsp3) is 0.467. The third kappa shape index (κ3) is 3.96. The Labute approximate surface area is 135 Å². The first kappa shape index (κ1) is 18.4. The highest BCUT2D eigenvalue weighted by Crippen LogP contribution is 2.26. The van der Waals surface area contributed by atoms with Crippen LogP contribution in [0.1, 0.15) is 30.6 Å². The number of carbonyl (C=O) groups is 2. The molecule has 5 nitrogen and oxygen atoms in total. The lowest BCUT2D eigenvalue weighted by atomic mass is 10.1. The molecular formula is C15H21ClFN3O2. The van der Waals surface area contributed by atoms with Crippen LogP contribution in [0.4, 0.5) is 10.1 Å². The van der Waals surface area contributed by atoms with Gasteiger partial charge < -0.3 is 16.0 Å². The van der Waals surface area contributed by atoms with E-state index in [1.807, 2.05) is 6.92 Å². The smallest absolute Gasteiger partial charge is 0.257 e. The Hall–Kier alpha value is -1.66. The van der Waals surface area contributed by atoms with Gasteiger partial charge in [-0.2, -0.15) is 0 Å². The van der Waals surface area contributed by atoms with Gasteiger partial charge in [0.05, 0.1) is 5.56 Å². The van der Waals surface area contributed by atoms with Crippen LogP contribution in [0.2, 0.25) is 0 Å². The van der Waals surface area contributed by atoms with E-state index >= 15 is 0 Å². The molecule has 1 aromatic rings. The van der Waals surface area contributed by atoms with Gasteiger partial charge in [-0.05, 0) is 44.0 Å². The second kappa shape index (κ2) is 7.56. The summed E-state index contributed by atoms with van der Waals surface area (Å²) in [7, 11) is 0. The Morgan fingerprint density at radius 2 is 2.14 bits per heavy atom. The van der Waals surface area contributed by atoms with Gasteiger partial charge >= 0.3 is 0 Å². The second-order valence-electron chi connectivity index (χ2n) is 5.52. The maximum absolute atomic E-state index is 13.9. The van der Waals surface area contributed by atoms with Crippen LogP contribution in [-0.4, -0.2) is 35.8 Å². The first-order valence-electron chi connectivity index (χ1n) is 7.00. The summed E-state index contributed by atoms with van der Waals surface area (Å²) in [4.78, 5) is 25.2. The van der Waals surface area contributed by atoms with Crippen molar-refractivity contribution in [1.29, 1.82) is 0 Å². The number of likely N-dealkylation sites (tertiary alicyclic amines) is 1. The average Bonchev–Trinajstić information content (AvgIpc) is 2.81. The quantitative estimate of drug-likeness (QED) is 0.890. The first-order chi connectivity index (χ1) is 9.92. The number of hydrogen-bond acceptors (Lipinski definition) is 3. The van der Waals surface area contributed by atoms with Crippen LogP contribution < -0.4 is 11.1 Å². The van der Waals surface area contributed by atoms with Crippen LogP contribution >= 0.6 is 12.4 Å². The van der Waals surface area contributed by atoms with E-state index in [2.05, 4.69) is 5.32 Å². The number of anilines is 1. The van der Waals surface area contributed by atoms with Crippen molar-refractivity contribution < 1.29 is 14.0 Å². The topological polar surface area (TPSA) is 75.4 Å². The van der Waals surface area contributed by atoms with Crippen LogP contribution in [0.25, 0.3) is 0 Å². The molecule has 0 spiro atoms. The summed E-state index contributed by atoms with van der Waals surface area (Å²) in [6, 6.07) is 4.04. The second-order valence-corrected chi connectivity index (χ2v) is 5.52. The van der Waals surface area contributed by atoms with Gasteiger partial charge in [-0.15, -0.1) is 12.4 Å². The number of carbonyl (C=O) groups excluding carboxylic acids is 2. The van der Waals surface area contributed by atoms with Gasteiger partial charge in [-0.1, -0.05) is 0 Å².